The quantitative estimate of drug-likeness (QED) is 0.898. The first-order valence-corrected chi connectivity index (χ1v) is 8.04. The van der Waals surface area contributed by atoms with Crippen molar-refractivity contribution in [1.29, 1.82) is 0 Å². The number of halogens is 2. The molecule has 0 unspecified atom stereocenters. The molecule has 1 N–H and O–H groups in total. The Balaban J connectivity index is 0.00000156. The van der Waals surface area contributed by atoms with Crippen molar-refractivity contribution in [3.05, 3.63) is 23.5 Å². The van der Waals surface area contributed by atoms with E-state index in [4.69, 9.17) is 4.52 Å². The number of hydrogen-bond acceptors (Lipinski definition) is 4. The van der Waals surface area contributed by atoms with Gasteiger partial charge in [-0.2, -0.15) is 0 Å². The van der Waals surface area contributed by atoms with Gasteiger partial charge in [0.15, 0.2) is 11.6 Å². The zero-order valence-corrected chi connectivity index (χ0v) is 14.5. The molecule has 0 saturated carbocycles. The van der Waals surface area contributed by atoms with E-state index in [1.807, 2.05) is 6.07 Å². The lowest BCUT2D eigenvalue weighted by Crippen LogP contribution is -2.66. The van der Waals surface area contributed by atoms with E-state index in [0.717, 1.165) is 5.39 Å². The van der Waals surface area contributed by atoms with Gasteiger partial charge in [0, 0.05) is 11.6 Å². The summed E-state index contributed by atoms with van der Waals surface area (Å²) in [6, 6.07) is 3.98. The Labute approximate surface area is 141 Å². The summed E-state index contributed by atoms with van der Waals surface area (Å²) < 4.78 is 19.4. The largest absolute Gasteiger partial charge is 0.362 e. The van der Waals surface area contributed by atoms with Gasteiger partial charge in [0.2, 0.25) is 5.58 Å². The Hall–Kier alpha value is -1.33. The molecule has 2 bridgehead atoms. The van der Waals surface area contributed by atoms with Crippen LogP contribution in [0, 0.1) is 18.7 Å². The molecule has 0 amide bonds. The van der Waals surface area contributed by atoms with Gasteiger partial charge < -0.3 is 9.84 Å². The third-order valence-electron chi connectivity index (χ3n) is 5.65. The molecule has 4 heterocycles. The van der Waals surface area contributed by atoms with Crippen LogP contribution in [-0.4, -0.2) is 34.7 Å². The average molecular weight is 340 g/mol. The van der Waals surface area contributed by atoms with Crippen LogP contribution in [0.2, 0.25) is 0 Å². The summed E-state index contributed by atoms with van der Waals surface area (Å²) in [5, 5.41) is 8.39. The molecule has 6 heteroatoms. The van der Waals surface area contributed by atoms with Gasteiger partial charge in [-0.25, -0.2) is 4.39 Å². The maximum absolute atomic E-state index is 14.1. The van der Waals surface area contributed by atoms with Crippen LogP contribution in [0.25, 0.3) is 11.0 Å². The van der Waals surface area contributed by atoms with Gasteiger partial charge in [-0.1, -0.05) is 11.2 Å². The van der Waals surface area contributed by atoms with E-state index in [-0.39, 0.29) is 29.3 Å². The summed E-state index contributed by atoms with van der Waals surface area (Å²) in [5.41, 5.74) is 0.912. The van der Waals surface area contributed by atoms with E-state index in [1.54, 1.807) is 13.0 Å². The van der Waals surface area contributed by atoms with E-state index in [0.29, 0.717) is 23.3 Å². The van der Waals surface area contributed by atoms with E-state index in [9.17, 15) is 4.39 Å². The van der Waals surface area contributed by atoms with Crippen molar-refractivity contribution in [2.24, 2.45) is 5.92 Å². The zero-order valence-electron chi connectivity index (χ0n) is 13.7. The van der Waals surface area contributed by atoms with Gasteiger partial charge in [0.1, 0.15) is 0 Å². The number of fused-ring (bicyclic) bond motifs is 4. The summed E-state index contributed by atoms with van der Waals surface area (Å²) in [6.45, 7) is 8.64. The van der Waals surface area contributed by atoms with E-state index < -0.39 is 0 Å². The number of aromatic nitrogens is 1. The number of piperidine rings is 3. The van der Waals surface area contributed by atoms with Gasteiger partial charge in [-0.3, -0.25) is 4.90 Å². The molecule has 3 aliphatic rings. The van der Waals surface area contributed by atoms with Crippen LogP contribution < -0.4 is 5.32 Å². The topological polar surface area (TPSA) is 41.3 Å². The minimum Gasteiger partial charge on any atom is -0.362 e. The molecule has 4 nitrogen and oxygen atoms in total. The van der Waals surface area contributed by atoms with Crippen molar-refractivity contribution < 1.29 is 8.91 Å². The minimum atomic E-state index is -0.314. The number of hydrogen-bond donors (Lipinski definition) is 1. The fourth-order valence-electron chi connectivity index (χ4n) is 4.20. The molecule has 0 aliphatic carbocycles. The van der Waals surface area contributed by atoms with Crippen LogP contribution >= 0.6 is 12.4 Å². The van der Waals surface area contributed by atoms with Gasteiger partial charge >= 0.3 is 0 Å². The third kappa shape index (κ3) is 2.41. The van der Waals surface area contributed by atoms with Crippen molar-refractivity contribution in [2.45, 2.75) is 45.2 Å². The molecule has 0 spiro atoms. The first-order chi connectivity index (χ1) is 10.5. The van der Waals surface area contributed by atoms with Crippen LogP contribution in [0.5, 0.6) is 0 Å². The van der Waals surface area contributed by atoms with E-state index in [1.165, 1.54) is 25.9 Å². The Morgan fingerprint density at radius 1 is 1.30 bits per heavy atom. The zero-order chi connectivity index (χ0) is 15.5. The molecule has 2 aromatic rings. The number of anilines is 1. The molecule has 23 heavy (non-hydrogen) atoms. The van der Waals surface area contributed by atoms with Crippen LogP contribution in [0.15, 0.2) is 16.7 Å². The van der Waals surface area contributed by atoms with Crippen LogP contribution in [-0.2, 0) is 0 Å². The lowest BCUT2D eigenvalue weighted by molar-refractivity contribution is -0.0189. The van der Waals surface area contributed by atoms with Gasteiger partial charge in [0.25, 0.3) is 0 Å². The summed E-state index contributed by atoms with van der Waals surface area (Å²) in [4.78, 5) is 2.54. The highest BCUT2D eigenvalue weighted by Gasteiger charge is 2.47. The highest BCUT2D eigenvalue weighted by atomic mass is 35.5. The SMILES string of the molecule is Cc1ccc2c(N[C@@H]3C4CCN(CC4)C3(C)C)noc2c1F.Cl. The second-order valence-electron chi connectivity index (χ2n) is 7.20. The maximum atomic E-state index is 14.1. The summed E-state index contributed by atoms with van der Waals surface area (Å²) >= 11 is 0. The molecule has 1 aromatic heterocycles. The lowest BCUT2D eigenvalue weighted by Gasteiger charge is -2.56. The van der Waals surface area contributed by atoms with Crippen molar-refractivity contribution in [3.8, 4) is 0 Å². The molecule has 1 aromatic carbocycles. The highest BCUT2D eigenvalue weighted by molar-refractivity contribution is 5.89. The minimum absolute atomic E-state index is 0. The van der Waals surface area contributed by atoms with Crippen LogP contribution in [0.3, 0.4) is 0 Å². The normalized spacial score (nSPS) is 28.6. The first-order valence-electron chi connectivity index (χ1n) is 8.04. The second-order valence-corrected chi connectivity index (χ2v) is 7.20. The van der Waals surface area contributed by atoms with Crippen molar-refractivity contribution >= 4 is 29.2 Å². The molecule has 3 aliphatic heterocycles. The summed E-state index contributed by atoms with van der Waals surface area (Å²) in [5.74, 6) is 0.994. The predicted octanol–water partition coefficient (Wildman–Crippen LogP) is 3.98. The molecule has 5 rings (SSSR count). The number of aryl methyl sites for hydroxylation is 1. The molecular formula is C17H23ClFN3O. The Morgan fingerprint density at radius 3 is 2.65 bits per heavy atom. The van der Waals surface area contributed by atoms with Gasteiger partial charge in [-0.15, -0.1) is 12.4 Å². The molecule has 3 fully saturated rings. The molecule has 1 atom stereocenters. The number of nitrogens with one attached hydrogen (secondary N) is 1. The highest BCUT2D eigenvalue weighted by Crippen LogP contribution is 2.41. The second kappa shape index (κ2) is 5.64. The molecule has 3 saturated heterocycles. The molecule has 126 valence electrons. The van der Waals surface area contributed by atoms with Crippen molar-refractivity contribution in [3.63, 3.8) is 0 Å². The van der Waals surface area contributed by atoms with Crippen LogP contribution in [0.4, 0.5) is 10.2 Å². The third-order valence-corrected chi connectivity index (χ3v) is 5.65. The number of nitrogens with zero attached hydrogens (tertiary/aromatic N) is 2. The maximum Gasteiger partial charge on any atom is 0.204 e. The number of benzene rings is 1. The van der Waals surface area contributed by atoms with E-state index >= 15 is 0 Å². The number of rotatable bonds is 2. The Bertz CT molecular complexity index is 722. The first kappa shape index (κ1) is 16.5. The fraction of sp³-hybridized carbons (Fsp3) is 0.588. The monoisotopic (exact) mass is 339 g/mol. The van der Waals surface area contributed by atoms with Gasteiger partial charge in [-0.05, 0) is 64.3 Å². The predicted molar refractivity (Wildman–Crippen MR) is 91.7 cm³/mol. The summed E-state index contributed by atoms with van der Waals surface area (Å²) in [6.07, 6.45) is 2.43. The standard InChI is InChI=1S/C17H22FN3O.ClH/c1-10-4-5-12-14(13(10)18)22-20-16(12)19-15-11-6-8-21(9-7-11)17(15,2)3;/h4-5,11,15H,6-9H2,1-3H3,(H,19,20);1H/t15-;/m1./s1. The Kier molecular flexibility index (Phi) is 4.05. The molecular weight excluding hydrogens is 317 g/mol. The summed E-state index contributed by atoms with van der Waals surface area (Å²) in [7, 11) is 0. The lowest BCUT2D eigenvalue weighted by atomic mass is 9.72. The van der Waals surface area contributed by atoms with E-state index in [2.05, 4.69) is 29.2 Å². The molecule has 0 radical (unpaired) electrons. The van der Waals surface area contributed by atoms with Crippen molar-refractivity contribution in [1.82, 2.24) is 10.1 Å². The van der Waals surface area contributed by atoms with Crippen molar-refractivity contribution in [2.75, 3.05) is 18.4 Å². The van der Waals surface area contributed by atoms with Crippen LogP contribution in [0.1, 0.15) is 32.3 Å². The average Bonchev–Trinajstić information content (AvgIpc) is 2.91. The smallest absolute Gasteiger partial charge is 0.204 e. The Morgan fingerprint density at radius 2 is 2.00 bits per heavy atom. The fourth-order valence-corrected chi connectivity index (χ4v) is 4.20. The van der Waals surface area contributed by atoms with Gasteiger partial charge in [0.05, 0.1) is 5.39 Å².